The zero-order valence-electron chi connectivity index (χ0n) is 8.95. The lowest BCUT2D eigenvalue weighted by Crippen LogP contribution is -2.10. The van der Waals surface area contributed by atoms with E-state index in [9.17, 15) is 18.0 Å². The average molecular weight is 275 g/mol. The Morgan fingerprint density at radius 3 is 1.88 bits per heavy atom. The first-order valence-electron chi connectivity index (χ1n) is 4.64. The third-order valence-corrected chi connectivity index (χ3v) is 3.88. The van der Waals surface area contributed by atoms with E-state index in [0.717, 1.165) is 0 Å². The summed E-state index contributed by atoms with van der Waals surface area (Å²) in [6, 6.07) is 0. The van der Waals surface area contributed by atoms with Crippen molar-refractivity contribution in [3.05, 3.63) is 10.6 Å². The Bertz CT molecular complexity index is 358. The highest BCUT2D eigenvalue weighted by Crippen LogP contribution is 2.63. The molecule has 0 aromatic heterocycles. The summed E-state index contributed by atoms with van der Waals surface area (Å²) < 4.78 is 37.1. The fourth-order valence-electron chi connectivity index (χ4n) is 2.23. The van der Waals surface area contributed by atoms with Crippen molar-refractivity contribution >= 4 is 28.4 Å². The van der Waals surface area contributed by atoms with Gasteiger partial charge in [-0.2, -0.15) is 13.2 Å². The van der Waals surface area contributed by atoms with Crippen LogP contribution in [0, 0.1) is 17.3 Å². The van der Waals surface area contributed by atoms with Crippen molar-refractivity contribution in [2.24, 2.45) is 17.3 Å². The average Bonchev–Trinajstić information content (AvgIpc) is 2.65. The predicted molar refractivity (Wildman–Crippen MR) is 56.2 cm³/mol. The Balaban J connectivity index is 3.03. The molecule has 0 saturated heterocycles. The summed E-state index contributed by atoms with van der Waals surface area (Å²) in [7, 11) is 0. The minimum atomic E-state index is -4.57. The van der Waals surface area contributed by atoms with Gasteiger partial charge in [-0.15, -0.1) is 0 Å². The van der Waals surface area contributed by atoms with Gasteiger partial charge in [0.1, 0.15) is 5.03 Å². The minimum Gasteiger partial charge on any atom is -0.281 e. The molecule has 16 heavy (non-hydrogen) atoms. The third kappa shape index (κ3) is 2.23. The Morgan fingerprint density at radius 2 is 1.62 bits per heavy atom. The van der Waals surface area contributed by atoms with Crippen molar-refractivity contribution in [1.29, 1.82) is 0 Å². The zero-order chi connectivity index (χ0) is 12.9. The van der Waals surface area contributed by atoms with E-state index in [1.807, 2.05) is 0 Å². The molecule has 0 bridgehead atoms. The molecule has 1 fully saturated rings. The van der Waals surface area contributed by atoms with Crippen molar-refractivity contribution in [3.63, 3.8) is 0 Å². The second-order valence-corrected chi connectivity index (χ2v) is 5.33. The molecule has 0 spiro atoms. The summed E-state index contributed by atoms with van der Waals surface area (Å²) in [5.41, 5.74) is -0.563. The Labute approximate surface area is 102 Å². The van der Waals surface area contributed by atoms with Gasteiger partial charge in [0.25, 0.3) is 0 Å². The van der Waals surface area contributed by atoms with Crippen LogP contribution in [0.15, 0.2) is 10.6 Å². The zero-order valence-corrected chi connectivity index (χ0v) is 10.5. The summed E-state index contributed by atoms with van der Waals surface area (Å²) in [5.74, 6) is -1.10. The maximum atomic E-state index is 12.4. The van der Waals surface area contributed by atoms with E-state index in [1.165, 1.54) is 6.92 Å². The van der Waals surface area contributed by atoms with Gasteiger partial charge in [0.2, 0.25) is 5.24 Å². The number of halogens is 5. The van der Waals surface area contributed by atoms with Crippen LogP contribution >= 0.6 is 23.2 Å². The molecule has 1 saturated carbocycles. The van der Waals surface area contributed by atoms with Gasteiger partial charge in [-0.3, -0.25) is 4.79 Å². The van der Waals surface area contributed by atoms with Crippen LogP contribution in [0.1, 0.15) is 20.8 Å². The molecule has 0 amide bonds. The molecule has 2 atom stereocenters. The van der Waals surface area contributed by atoms with Crippen LogP contribution in [0.4, 0.5) is 13.2 Å². The van der Waals surface area contributed by atoms with Gasteiger partial charge in [-0.25, -0.2) is 0 Å². The van der Waals surface area contributed by atoms with Crippen LogP contribution in [-0.4, -0.2) is 11.4 Å². The highest BCUT2D eigenvalue weighted by Gasteiger charge is 2.62. The monoisotopic (exact) mass is 274 g/mol. The number of hydrogen-bond acceptors (Lipinski definition) is 1. The molecule has 92 valence electrons. The first kappa shape index (κ1) is 13.8. The van der Waals surface area contributed by atoms with Gasteiger partial charge < -0.3 is 0 Å². The lowest BCUT2D eigenvalue weighted by molar-refractivity contribution is -0.113. The molecule has 1 aliphatic rings. The Morgan fingerprint density at radius 1 is 1.19 bits per heavy atom. The van der Waals surface area contributed by atoms with E-state index in [2.05, 4.69) is 0 Å². The highest BCUT2D eigenvalue weighted by atomic mass is 35.5. The standard InChI is InChI=1S/C10H11Cl2F3O/c1-4(7(11)10(13,14)15)5-6(8(12)16)9(5,2)3/h5-6H,1-3H3/t5-,6-/m0/s1. The summed E-state index contributed by atoms with van der Waals surface area (Å²) in [5, 5.41) is -1.76. The van der Waals surface area contributed by atoms with Crippen LogP contribution in [0.5, 0.6) is 0 Å². The normalized spacial score (nSPS) is 29.8. The van der Waals surface area contributed by atoms with Gasteiger partial charge in [0.15, 0.2) is 0 Å². The molecule has 1 rings (SSSR count). The van der Waals surface area contributed by atoms with E-state index in [1.54, 1.807) is 13.8 Å². The topological polar surface area (TPSA) is 17.1 Å². The third-order valence-electron chi connectivity index (χ3n) is 3.13. The number of rotatable bonds is 2. The smallest absolute Gasteiger partial charge is 0.281 e. The minimum absolute atomic E-state index is 0.0156. The highest BCUT2D eigenvalue weighted by molar-refractivity contribution is 6.64. The summed E-state index contributed by atoms with van der Waals surface area (Å²) in [6.45, 7) is 4.70. The largest absolute Gasteiger partial charge is 0.426 e. The van der Waals surface area contributed by atoms with Gasteiger partial charge in [-0.05, 0) is 35.4 Å². The molecule has 0 radical (unpaired) electrons. The number of allylic oxidation sites excluding steroid dienone is 2. The second kappa shape index (κ2) is 3.91. The molecule has 0 heterocycles. The quantitative estimate of drug-likeness (QED) is 0.693. The molecular formula is C10H11Cl2F3O. The number of carbonyl (C=O) groups excluding carboxylic acids is 1. The molecule has 6 heteroatoms. The van der Waals surface area contributed by atoms with Crippen molar-refractivity contribution in [2.45, 2.75) is 26.9 Å². The fourth-order valence-corrected chi connectivity index (χ4v) is 2.75. The van der Waals surface area contributed by atoms with E-state index in [0.29, 0.717) is 0 Å². The summed E-state index contributed by atoms with van der Waals surface area (Å²) in [4.78, 5) is 11.0. The molecule has 1 nitrogen and oxygen atoms in total. The van der Waals surface area contributed by atoms with Crippen LogP contribution in [0.25, 0.3) is 0 Å². The van der Waals surface area contributed by atoms with E-state index >= 15 is 0 Å². The van der Waals surface area contributed by atoms with Crippen molar-refractivity contribution < 1.29 is 18.0 Å². The number of hydrogen-bond donors (Lipinski definition) is 0. The first-order valence-corrected chi connectivity index (χ1v) is 5.39. The molecule has 0 unspecified atom stereocenters. The molecule has 0 aliphatic heterocycles. The van der Waals surface area contributed by atoms with Crippen LogP contribution < -0.4 is 0 Å². The van der Waals surface area contributed by atoms with Gasteiger partial charge in [-0.1, -0.05) is 25.4 Å². The van der Waals surface area contributed by atoms with E-state index < -0.39 is 33.7 Å². The van der Waals surface area contributed by atoms with Crippen LogP contribution in [-0.2, 0) is 4.79 Å². The van der Waals surface area contributed by atoms with Gasteiger partial charge in [0.05, 0.1) is 0 Å². The Hall–Kier alpha value is -0.220. The van der Waals surface area contributed by atoms with Crippen molar-refractivity contribution in [1.82, 2.24) is 0 Å². The van der Waals surface area contributed by atoms with E-state index in [4.69, 9.17) is 23.2 Å². The molecule has 1 aliphatic carbocycles. The fraction of sp³-hybridized carbons (Fsp3) is 0.700. The molecule has 0 aromatic rings. The summed E-state index contributed by atoms with van der Waals surface area (Å²) in [6.07, 6.45) is -4.57. The lowest BCUT2D eigenvalue weighted by atomic mass is 10.0. The van der Waals surface area contributed by atoms with Gasteiger partial charge in [0, 0.05) is 5.92 Å². The van der Waals surface area contributed by atoms with Crippen molar-refractivity contribution in [2.75, 3.05) is 0 Å². The predicted octanol–water partition coefficient (Wildman–Crippen LogP) is 4.10. The maximum absolute atomic E-state index is 12.4. The number of carbonyl (C=O) groups is 1. The van der Waals surface area contributed by atoms with Crippen LogP contribution in [0.2, 0.25) is 0 Å². The number of alkyl halides is 3. The Kier molecular flexibility index (Phi) is 3.39. The molecular weight excluding hydrogens is 264 g/mol. The van der Waals surface area contributed by atoms with Gasteiger partial charge >= 0.3 is 6.18 Å². The second-order valence-electron chi connectivity index (χ2n) is 4.58. The van der Waals surface area contributed by atoms with Crippen LogP contribution in [0.3, 0.4) is 0 Å². The van der Waals surface area contributed by atoms with Crippen molar-refractivity contribution in [3.8, 4) is 0 Å². The molecule has 0 N–H and O–H groups in total. The first-order chi connectivity index (χ1) is 7.01. The summed E-state index contributed by atoms with van der Waals surface area (Å²) >= 11 is 10.6. The van der Waals surface area contributed by atoms with E-state index in [-0.39, 0.29) is 5.57 Å². The maximum Gasteiger partial charge on any atom is 0.426 e. The SMILES string of the molecule is CC(=C(Cl)C(F)(F)F)[C@H]1[C@@H](C(=O)Cl)C1(C)C. The lowest BCUT2D eigenvalue weighted by Gasteiger charge is -2.10. The molecule has 0 aromatic carbocycles.